The van der Waals surface area contributed by atoms with Crippen molar-refractivity contribution in [3.05, 3.63) is 70.0 Å². The zero-order chi connectivity index (χ0) is 17.4. The van der Waals surface area contributed by atoms with E-state index >= 15 is 0 Å². The van der Waals surface area contributed by atoms with Crippen LogP contribution in [0.3, 0.4) is 0 Å². The number of fused-ring (bicyclic) bond motifs is 1. The molecule has 0 aliphatic carbocycles. The minimum atomic E-state index is 0.729. The molecular weight excluding hydrogens is 328 g/mol. The van der Waals surface area contributed by atoms with Gasteiger partial charge in [0.1, 0.15) is 0 Å². The van der Waals surface area contributed by atoms with Crippen molar-refractivity contribution >= 4 is 12.2 Å². The van der Waals surface area contributed by atoms with Gasteiger partial charge in [-0.15, -0.1) is 0 Å². The lowest BCUT2D eigenvalue weighted by Gasteiger charge is -2.28. The van der Waals surface area contributed by atoms with E-state index in [2.05, 4.69) is 54.3 Å². The monoisotopic (exact) mass is 350 g/mol. The third-order valence-electron chi connectivity index (χ3n) is 4.97. The summed E-state index contributed by atoms with van der Waals surface area (Å²) in [6.07, 6.45) is 1.08. The molecule has 4 nitrogen and oxygen atoms in total. The lowest BCUT2D eigenvalue weighted by molar-refractivity contribution is 0.188. The summed E-state index contributed by atoms with van der Waals surface area (Å²) in [4.78, 5) is 2.41. The largest absolute Gasteiger partial charge is 0.303 e. The quantitative estimate of drug-likeness (QED) is 0.669. The first-order valence-corrected chi connectivity index (χ1v) is 9.03. The summed E-state index contributed by atoms with van der Waals surface area (Å²) in [5.74, 6) is 0.931. The zero-order valence-corrected chi connectivity index (χ0v) is 15.5. The summed E-state index contributed by atoms with van der Waals surface area (Å²) in [5, 5.41) is 4.82. The van der Waals surface area contributed by atoms with E-state index in [1.165, 1.54) is 16.7 Å². The second-order valence-corrected chi connectivity index (χ2v) is 7.06. The molecule has 1 aliphatic rings. The Hall–Kier alpha value is -2.24. The fraction of sp³-hybridized carbons (Fsp3) is 0.300. The smallest absolute Gasteiger partial charge is 0.199 e. The average Bonchev–Trinajstić information content (AvgIpc) is 2.90. The summed E-state index contributed by atoms with van der Waals surface area (Å²) in [6, 6.07) is 17.0. The van der Waals surface area contributed by atoms with E-state index in [0.29, 0.717) is 0 Å². The van der Waals surface area contributed by atoms with Gasteiger partial charge < -0.3 is 4.57 Å². The molecule has 1 aliphatic heterocycles. The standard InChI is InChI=1S/C20H22N4S/c1-15-7-3-6-10-18(15)19-21-24(20(25)22(19)2)14-23-12-11-16-8-4-5-9-17(16)13-23/h3-10H,11-14H2,1-2H3. The molecule has 5 heteroatoms. The Morgan fingerprint density at radius 2 is 1.76 bits per heavy atom. The van der Waals surface area contributed by atoms with Crippen molar-refractivity contribution in [2.45, 2.75) is 26.6 Å². The maximum absolute atomic E-state index is 5.64. The van der Waals surface area contributed by atoms with E-state index in [4.69, 9.17) is 17.3 Å². The number of aryl methyl sites for hydroxylation is 1. The van der Waals surface area contributed by atoms with E-state index in [9.17, 15) is 0 Å². The Kier molecular flexibility index (Phi) is 4.27. The molecule has 25 heavy (non-hydrogen) atoms. The molecule has 3 aromatic rings. The molecule has 0 N–H and O–H groups in total. The van der Waals surface area contributed by atoms with Gasteiger partial charge in [0.25, 0.3) is 0 Å². The molecule has 0 saturated heterocycles. The van der Waals surface area contributed by atoms with Gasteiger partial charge in [-0.3, -0.25) is 4.90 Å². The van der Waals surface area contributed by atoms with Crippen LogP contribution in [-0.2, 0) is 26.7 Å². The molecule has 0 bridgehead atoms. The minimum absolute atomic E-state index is 0.729. The van der Waals surface area contributed by atoms with Crippen LogP contribution in [0.25, 0.3) is 11.4 Å². The summed E-state index contributed by atoms with van der Waals surface area (Å²) < 4.78 is 4.72. The predicted octanol–water partition coefficient (Wildman–Crippen LogP) is 3.94. The molecule has 0 atom stereocenters. The minimum Gasteiger partial charge on any atom is -0.303 e. The van der Waals surface area contributed by atoms with Gasteiger partial charge in [-0.2, -0.15) is 5.10 Å². The van der Waals surface area contributed by atoms with Gasteiger partial charge in [-0.25, -0.2) is 4.68 Å². The van der Waals surface area contributed by atoms with Crippen LogP contribution in [0, 0.1) is 11.7 Å². The van der Waals surface area contributed by atoms with Crippen molar-refractivity contribution in [3.63, 3.8) is 0 Å². The van der Waals surface area contributed by atoms with Crippen molar-refractivity contribution in [1.29, 1.82) is 0 Å². The number of hydrogen-bond donors (Lipinski definition) is 0. The van der Waals surface area contributed by atoms with Crippen LogP contribution in [0.4, 0.5) is 0 Å². The second kappa shape index (κ2) is 6.58. The van der Waals surface area contributed by atoms with Crippen LogP contribution in [0.15, 0.2) is 48.5 Å². The third kappa shape index (κ3) is 3.05. The summed E-state index contributed by atoms with van der Waals surface area (Å²) in [5.41, 5.74) is 5.22. The highest BCUT2D eigenvalue weighted by Crippen LogP contribution is 2.22. The van der Waals surface area contributed by atoms with Crippen LogP contribution in [0.5, 0.6) is 0 Å². The normalized spacial score (nSPS) is 14.5. The SMILES string of the molecule is Cc1ccccc1-c1nn(CN2CCc3ccccc3C2)c(=S)n1C. The van der Waals surface area contributed by atoms with Gasteiger partial charge >= 0.3 is 0 Å². The van der Waals surface area contributed by atoms with Crippen LogP contribution in [-0.4, -0.2) is 25.8 Å². The Morgan fingerprint density at radius 3 is 2.56 bits per heavy atom. The molecule has 1 aromatic heterocycles. The molecule has 2 heterocycles. The molecule has 0 saturated carbocycles. The average molecular weight is 350 g/mol. The molecule has 0 amide bonds. The van der Waals surface area contributed by atoms with Crippen molar-refractivity contribution in [3.8, 4) is 11.4 Å². The zero-order valence-electron chi connectivity index (χ0n) is 14.6. The highest BCUT2D eigenvalue weighted by Gasteiger charge is 2.18. The third-order valence-corrected chi connectivity index (χ3v) is 5.46. The van der Waals surface area contributed by atoms with E-state index in [-0.39, 0.29) is 0 Å². The fourth-order valence-electron chi connectivity index (χ4n) is 3.50. The summed E-state index contributed by atoms with van der Waals surface area (Å²) >= 11 is 5.64. The molecule has 0 fully saturated rings. The Labute approximate surface area is 153 Å². The summed E-state index contributed by atoms with van der Waals surface area (Å²) in [7, 11) is 2.00. The maximum Gasteiger partial charge on any atom is 0.199 e. The second-order valence-electron chi connectivity index (χ2n) is 6.69. The molecule has 0 radical (unpaired) electrons. The van der Waals surface area contributed by atoms with Crippen LogP contribution in [0.1, 0.15) is 16.7 Å². The van der Waals surface area contributed by atoms with E-state index in [1.807, 2.05) is 22.4 Å². The van der Waals surface area contributed by atoms with Crippen molar-refractivity contribution in [2.75, 3.05) is 6.54 Å². The van der Waals surface area contributed by atoms with E-state index in [0.717, 1.165) is 42.3 Å². The number of benzene rings is 2. The maximum atomic E-state index is 5.64. The van der Waals surface area contributed by atoms with Gasteiger partial charge in [0.05, 0.1) is 6.67 Å². The molecular formula is C20H22N4S. The van der Waals surface area contributed by atoms with Gasteiger partial charge in [0.2, 0.25) is 0 Å². The molecule has 4 rings (SSSR count). The van der Waals surface area contributed by atoms with Crippen molar-refractivity contribution < 1.29 is 0 Å². The summed E-state index contributed by atoms with van der Waals surface area (Å²) in [6.45, 7) is 4.83. The Bertz CT molecular complexity index is 970. The topological polar surface area (TPSA) is 26.0 Å². The highest BCUT2D eigenvalue weighted by molar-refractivity contribution is 7.71. The molecule has 2 aromatic carbocycles. The Balaban J connectivity index is 1.62. The molecule has 0 spiro atoms. The highest BCUT2D eigenvalue weighted by atomic mass is 32.1. The van der Waals surface area contributed by atoms with E-state index < -0.39 is 0 Å². The van der Waals surface area contributed by atoms with Crippen molar-refractivity contribution in [1.82, 2.24) is 19.2 Å². The first-order valence-electron chi connectivity index (χ1n) is 8.62. The first-order chi connectivity index (χ1) is 12.1. The fourth-order valence-corrected chi connectivity index (χ4v) is 3.69. The van der Waals surface area contributed by atoms with Gasteiger partial charge in [0.15, 0.2) is 10.6 Å². The van der Waals surface area contributed by atoms with Crippen LogP contribution in [0.2, 0.25) is 0 Å². The number of nitrogens with zero attached hydrogens (tertiary/aromatic N) is 4. The number of rotatable bonds is 3. The lowest BCUT2D eigenvalue weighted by Crippen LogP contribution is -2.32. The van der Waals surface area contributed by atoms with Crippen LogP contribution < -0.4 is 0 Å². The lowest BCUT2D eigenvalue weighted by atomic mass is 10.0. The van der Waals surface area contributed by atoms with Crippen molar-refractivity contribution in [2.24, 2.45) is 7.05 Å². The van der Waals surface area contributed by atoms with Crippen LogP contribution >= 0.6 is 12.2 Å². The first kappa shape index (κ1) is 16.2. The number of hydrogen-bond acceptors (Lipinski definition) is 3. The van der Waals surface area contributed by atoms with Gasteiger partial charge in [0, 0.05) is 25.7 Å². The van der Waals surface area contributed by atoms with Gasteiger partial charge in [-0.05, 0) is 42.3 Å². The molecule has 0 unspecified atom stereocenters. The molecule has 128 valence electrons. The van der Waals surface area contributed by atoms with E-state index in [1.54, 1.807) is 0 Å². The number of aromatic nitrogens is 3. The van der Waals surface area contributed by atoms with Gasteiger partial charge in [-0.1, -0.05) is 48.5 Å². The predicted molar refractivity (Wildman–Crippen MR) is 103 cm³/mol. The Morgan fingerprint density at radius 1 is 1.04 bits per heavy atom.